The van der Waals surface area contributed by atoms with Crippen LogP contribution in [0.4, 0.5) is 11.4 Å². The lowest BCUT2D eigenvalue weighted by Gasteiger charge is -2.11. The molecule has 0 aliphatic rings. The maximum absolute atomic E-state index is 12.2. The number of nitrogen functional groups attached to an aromatic ring is 1. The van der Waals surface area contributed by atoms with Gasteiger partial charge in [0.15, 0.2) is 0 Å². The third-order valence-corrected chi connectivity index (χ3v) is 4.71. The van der Waals surface area contributed by atoms with E-state index < -0.39 is 10.0 Å². The summed E-state index contributed by atoms with van der Waals surface area (Å²) in [5.41, 5.74) is 6.45. The molecule has 0 saturated carbocycles. The first-order valence-corrected chi connectivity index (χ1v) is 7.69. The van der Waals surface area contributed by atoms with Gasteiger partial charge in [-0.05, 0) is 46.9 Å². The molecular weight excluding hydrogens is 363 g/mol. The minimum absolute atomic E-state index is 0.0876. The third kappa shape index (κ3) is 2.75. The second-order valence-corrected chi connectivity index (χ2v) is 6.44. The Balaban J connectivity index is 2.40. The minimum Gasteiger partial charge on any atom is -0.398 e. The minimum atomic E-state index is -3.65. The van der Waals surface area contributed by atoms with E-state index in [4.69, 9.17) is 5.73 Å². The Morgan fingerprint density at radius 2 is 1.61 bits per heavy atom. The number of hydrogen-bond donors (Lipinski definition) is 2. The summed E-state index contributed by atoms with van der Waals surface area (Å²) in [5, 5.41) is 0. The van der Waals surface area contributed by atoms with Crippen molar-refractivity contribution < 1.29 is 8.42 Å². The molecule has 0 fully saturated rings. The molecule has 0 unspecified atom stereocenters. The van der Waals surface area contributed by atoms with Crippen LogP contribution in [0.1, 0.15) is 0 Å². The molecule has 0 spiro atoms. The summed E-state index contributed by atoms with van der Waals surface area (Å²) in [7, 11) is -3.65. The first kappa shape index (κ1) is 13.2. The zero-order valence-corrected chi connectivity index (χ0v) is 12.3. The zero-order chi connectivity index (χ0) is 13.2. The lowest BCUT2D eigenvalue weighted by Crippen LogP contribution is -2.15. The number of hydrogen-bond acceptors (Lipinski definition) is 3. The maximum atomic E-state index is 12.2. The molecule has 2 aromatic carbocycles. The maximum Gasteiger partial charge on any atom is 0.263 e. The summed E-state index contributed by atoms with van der Waals surface area (Å²) in [6.07, 6.45) is 0. The van der Waals surface area contributed by atoms with Gasteiger partial charge in [0.2, 0.25) is 0 Å². The highest BCUT2D eigenvalue weighted by Gasteiger charge is 2.17. The average molecular weight is 374 g/mol. The summed E-state index contributed by atoms with van der Waals surface area (Å²) in [6.45, 7) is 0. The molecule has 0 aliphatic carbocycles. The number of nitrogens with one attached hydrogen (secondary N) is 1. The van der Waals surface area contributed by atoms with Crippen LogP contribution in [0.25, 0.3) is 0 Å². The number of halogens is 1. The van der Waals surface area contributed by atoms with Gasteiger partial charge in [0, 0.05) is 3.57 Å². The second kappa shape index (κ2) is 5.15. The van der Waals surface area contributed by atoms with Gasteiger partial charge in [-0.3, -0.25) is 4.72 Å². The Bertz CT molecular complexity index is 671. The van der Waals surface area contributed by atoms with Crippen molar-refractivity contribution in [2.45, 2.75) is 4.90 Å². The molecule has 0 bridgehead atoms. The molecule has 0 heterocycles. The van der Waals surface area contributed by atoms with Gasteiger partial charge in [-0.1, -0.05) is 24.3 Å². The standard InChI is InChI=1S/C12H11IN2O2S/c13-9-5-1-3-7-11(9)15-18(16,17)12-8-4-2-6-10(12)14/h1-8,15H,14H2. The lowest BCUT2D eigenvalue weighted by molar-refractivity contribution is 0.601. The molecule has 0 saturated heterocycles. The van der Waals surface area contributed by atoms with Crippen LogP contribution in [0, 0.1) is 3.57 Å². The topological polar surface area (TPSA) is 72.2 Å². The quantitative estimate of drug-likeness (QED) is 0.641. The molecular formula is C12H11IN2O2S. The van der Waals surface area contributed by atoms with Gasteiger partial charge in [-0.15, -0.1) is 0 Å². The highest BCUT2D eigenvalue weighted by molar-refractivity contribution is 14.1. The van der Waals surface area contributed by atoms with Crippen molar-refractivity contribution in [3.05, 3.63) is 52.1 Å². The van der Waals surface area contributed by atoms with Crippen molar-refractivity contribution in [2.75, 3.05) is 10.5 Å². The van der Waals surface area contributed by atoms with E-state index in [1.807, 2.05) is 12.1 Å². The van der Waals surface area contributed by atoms with Gasteiger partial charge >= 0.3 is 0 Å². The number of anilines is 2. The summed E-state index contributed by atoms with van der Waals surface area (Å²) < 4.78 is 27.7. The Morgan fingerprint density at radius 3 is 2.28 bits per heavy atom. The van der Waals surface area contributed by atoms with Crippen LogP contribution < -0.4 is 10.5 Å². The molecule has 0 atom stereocenters. The van der Waals surface area contributed by atoms with Gasteiger partial charge in [0.1, 0.15) is 4.90 Å². The van der Waals surface area contributed by atoms with Crippen LogP contribution in [-0.4, -0.2) is 8.42 Å². The van der Waals surface area contributed by atoms with E-state index >= 15 is 0 Å². The smallest absolute Gasteiger partial charge is 0.263 e. The lowest BCUT2D eigenvalue weighted by atomic mass is 10.3. The van der Waals surface area contributed by atoms with Crippen molar-refractivity contribution in [2.24, 2.45) is 0 Å². The Labute approximate surface area is 119 Å². The molecule has 3 N–H and O–H groups in total. The van der Waals surface area contributed by atoms with Gasteiger partial charge in [-0.25, -0.2) is 8.42 Å². The van der Waals surface area contributed by atoms with Crippen molar-refractivity contribution in [3.63, 3.8) is 0 Å². The number of para-hydroxylation sites is 2. The highest BCUT2D eigenvalue weighted by atomic mass is 127. The normalized spacial score (nSPS) is 11.2. The Morgan fingerprint density at radius 1 is 1.00 bits per heavy atom. The molecule has 0 amide bonds. The molecule has 2 rings (SSSR count). The summed E-state index contributed by atoms with van der Waals surface area (Å²) in [6, 6.07) is 13.5. The first-order chi connectivity index (χ1) is 8.50. The molecule has 0 aromatic heterocycles. The molecule has 4 nitrogen and oxygen atoms in total. The fourth-order valence-electron chi connectivity index (χ4n) is 1.47. The van der Waals surface area contributed by atoms with Crippen molar-refractivity contribution in [3.8, 4) is 0 Å². The van der Waals surface area contributed by atoms with Crippen LogP contribution in [0.3, 0.4) is 0 Å². The first-order valence-electron chi connectivity index (χ1n) is 5.12. The summed E-state index contributed by atoms with van der Waals surface area (Å²) >= 11 is 2.07. The molecule has 0 radical (unpaired) electrons. The van der Waals surface area contributed by atoms with Crippen LogP contribution in [0.2, 0.25) is 0 Å². The number of rotatable bonds is 3. The van der Waals surface area contributed by atoms with Crippen LogP contribution >= 0.6 is 22.6 Å². The number of sulfonamides is 1. The highest BCUT2D eigenvalue weighted by Crippen LogP contribution is 2.23. The summed E-state index contributed by atoms with van der Waals surface area (Å²) in [5.74, 6) is 0. The fraction of sp³-hybridized carbons (Fsp3) is 0. The van der Waals surface area contributed by atoms with E-state index in [0.717, 1.165) is 3.57 Å². The fourth-order valence-corrected chi connectivity index (χ4v) is 3.39. The number of benzene rings is 2. The second-order valence-electron chi connectivity index (χ2n) is 3.62. The Hall–Kier alpha value is -1.28. The van der Waals surface area contributed by atoms with Crippen molar-refractivity contribution in [1.82, 2.24) is 0 Å². The van der Waals surface area contributed by atoms with Crippen LogP contribution in [0.15, 0.2) is 53.4 Å². The van der Waals surface area contributed by atoms with Crippen molar-refractivity contribution >= 4 is 44.0 Å². The van der Waals surface area contributed by atoms with E-state index in [1.54, 1.807) is 30.3 Å². The van der Waals surface area contributed by atoms with E-state index in [0.29, 0.717) is 5.69 Å². The van der Waals surface area contributed by atoms with Crippen molar-refractivity contribution in [1.29, 1.82) is 0 Å². The molecule has 18 heavy (non-hydrogen) atoms. The van der Waals surface area contributed by atoms with E-state index in [2.05, 4.69) is 27.3 Å². The predicted molar refractivity (Wildman–Crippen MR) is 80.8 cm³/mol. The SMILES string of the molecule is Nc1ccccc1S(=O)(=O)Nc1ccccc1I. The third-order valence-electron chi connectivity index (χ3n) is 2.33. The summed E-state index contributed by atoms with van der Waals surface area (Å²) in [4.78, 5) is 0.0876. The monoisotopic (exact) mass is 374 g/mol. The van der Waals surface area contributed by atoms with Crippen LogP contribution in [-0.2, 0) is 10.0 Å². The molecule has 6 heteroatoms. The molecule has 2 aromatic rings. The van der Waals surface area contributed by atoms with Gasteiger partial charge in [0.05, 0.1) is 11.4 Å². The zero-order valence-electron chi connectivity index (χ0n) is 9.30. The van der Waals surface area contributed by atoms with Gasteiger partial charge in [-0.2, -0.15) is 0 Å². The van der Waals surface area contributed by atoms with Gasteiger partial charge < -0.3 is 5.73 Å². The van der Waals surface area contributed by atoms with E-state index in [9.17, 15) is 8.42 Å². The van der Waals surface area contributed by atoms with Gasteiger partial charge in [0.25, 0.3) is 10.0 Å². The van der Waals surface area contributed by atoms with E-state index in [1.165, 1.54) is 6.07 Å². The van der Waals surface area contributed by atoms with Crippen LogP contribution in [0.5, 0.6) is 0 Å². The molecule has 94 valence electrons. The van der Waals surface area contributed by atoms with E-state index in [-0.39, 0.29) is 10.6 Å². The number of nitrogens with two attached hydrogens (primary N) is 1. The largest absolute Gasteiger partial charge is 0.398 e. The molecule has 0 aliphatic heterocycles. The Kier molecular flexibility index (Phi) is 3.76. The predicted octanol–water partition coefficient (Wildman–Crippen LogP) is 2.67. The average Bonchev–Trinajstić information content (AvgIpc) is 2.32.